The average molecular weight is 318 g/mol. The van der Waals surface area contributed by atoms with E-state index < -0.39 is 12.5 Å². The monoisotopic (exact) mass is 318 g/mol. The smallest absolute Gasteiger partial charge is 0.387 e. The van der Waals surface area contributed by atoms with Crippen molar-refractivity contribution >= 4 is 5.91 Å². The molecule has 8 heteroatoms. The largest absolute Gasteiger partial charge is 0.493 e. The minimum Gasteiger partial charge on any atom is -0.493 e. The van der Waals surface area contributed by atoms with Crippen LogP contribution in [0.2, 0.25) is 0 Å². The Morgan fingerprint density at radius 3 is 2.64 bits per heavy atom. The Bertz CT molecular complexity index is 472. The van der Waals surface area contributed by atoms with Gasteiger partial charge in [-0.1, -0.05) is 6.07 Å². The molecule has 1 rings (SSSR count). The van der Waals surface area contributed by atoms with Gasteiger partial charge in [0.1, 0.15) is 0 Å². The summed E-state index contributed by atoms with van der Waals surface area (Å²) in [6.07, 6.45) is 0. The van der Waals surface area contributed by atoms with Crippen molar-refractivity contribution in [2.75, 3.05) is 40.5 Å². The lowest BCUT2D eigenvalue weighted by atomic mass is 10.1. The molecule has 1 aromatic rings. The van der Waals surface area contributed by atoms with E-state index in [1.165, 1.54) is 25.3 Å². The van der Waals surface area contributed by atoms with Crippen LogP contribution in [-0.4, -0.2) is 53.0 Å². The van der Waals surface area contributed by atoms with Gasteiger partial charge >= 0.3 is 6.61 Å². The third-order valence-corrected chi connectivity index (χ3v) is 2.72. The summed E-state index contributed by atoms with van der Waals surface area (Å²) in [6.45, 7) is -0.946. The van der Waals surface area contributed by atoms with Crippen molar-refractivity contribution < 1.29 is 27.8 Å². The van der Waals surface area contributed by atoms with Crippen LogP contribution in [0.4, 0.5) is 8.78 Å². The zero-order valence-electron chi connectivity index (χ0n) is 12.5. The average Bonchev–Trinajstić information content (AvgIpc) is 2.50. The zero-order chi connectivity index (χ0) is 16.4. The molecule has 0 fully saturated rings. The fraction of sp³-hybridized carbons (Fsp3) is 0.500. The maximum atomic E-state index is 12.5. The predicted molar refractivity (Wildman–Crippen MR) is 76.7 cm³/mol. The molecule has 1 amide bonds. The highest BCUT2D eigenvalue weighted by molar-refractivity contribution is 5.97. The highest BCUT2D eigenvalue weighted by atomic mass is 19.3. The standard InChI is InChI=1S/C14H20F2N2O4/c1-20-9-8-17-6-7-18-13(19)10-4-3-5-11(21-2)12(10)22-14(15)16/h3-5,14,17H,6-9H2,1-2H3,(H,18,19). The molecule has 0 spiro atoms. The summed E-state index contributed by atoms with van der Waals surface area (Å²) in [4.78, 5) is 12.1. The Morgan fingerprint density at radius 1 is 1.23 bits per heavy atom. The second kappa shape index (κ2) is 9.91. The van der Waals surface area contributed by atoms with E-state index in [0.29, 0.717) is 26.2 Å². The Labute approximate surface area is 127 Å². The molecule has 0 radical (unpaired) electrons. The minimum atomic E-state index is -3.04. The molecule has 0 saturated carbocycles. The molecule has 0 heterocycles. The fourth-order valence-corrected chi connectivity index (χ4v) is 1.72. The lowest BCUT2D eigenvalue weighted by molar-refractivity contribution is -0.0515. The Balaban J connectivity index is 2.64. The first kappa shape index (κ1) is 18.1. The second-order valence-electron chi connectivity index (χ2n) is 4.21. The third-order valence-electron chi connectivity index (χ3n) is 2.72. The van der Waals surface area contributed by atoms with Gasteiger partial charge in [-0.15, -0.1) is 0 Å². The summed E-state index contributed by atoms with van der Waals surface area (Å²) >= 11 is 0. The molecule has 22 heavy (non-hydrogen) atoms. The van der Waals surface area contributed by atoms with E-state index >= 15 is 0 Å². The van der Waals surface area contributed by atoms with E-state index in [1.54, 1.807) is 7.11 Å². The van der Waals surface area contributed by atoms with Crippen LogP contribution in [0.1, 0.15) is 10.4 Å². The van der Waals surface area contributed by atoms with Gasteiger partial charge in [0.2, 0.25) is 0 Å². The van der Waals surface area contributed by atoms with Crippen molar-refractivity contribution in [2.45, 2.75) is 6.61 Å². The number of carbonyl (C=O) groups is 1. The van der Waals surface area contributed by atoms with Crippen molar-refractivity contribution in [3.63, 3.8) is 0 Å². The van der Waals surface area contributed by atoms with Gasteiger partial charge in [-0.2, -0.15) is 8.78 Å². The number of benzene rings is 1. The summed E-state index contributed by atoms with van der Waals surface area (Å²) in [5.41, 5.74) is -0.00320. The quantitative estimate of drug-likeness (QED) is 0.636. The van der Waals surface area contributed by atoms with Crippen molar-refractivity contribution in [2.24, 2.45) is 0 Å². The highest BCUT2D eigenvalue weighted by Crippen LogP contribution is 2.32. The zero-order valence-corrected chi connectivity index (χ0v) is 12.5. The molecule has 124 valence electrons. The minimum absolute atomic E-state index is 0.00320. The third kappa shape index (κ3) is 5.82. The highest BCUT2D eigenvalue weighted by Gasteiger charge is 2.19. The molecule has 2 N–H and O–H groups in total. The van der Waals surface area contributed by atoms with Crippen LogP contribution in [0, 0.1) is 0 Å². The number of amides is 1. The van der Waals surface area contributed by atoms with Gasteiger partial charge < -0.3 is 24.8 Å². The molecule has 6 nitrogen and oxygen atoms in total. The number of carbonyl (C=O) groups excluding carboxylic acids is 1. The van der Waals surface area contributed by atoms with Crippen LogP contribution >= 0.6 is 0 Å². The number of nitrogens with one attached hydrogen (secondary N) is 2. The van der Waals surface area contributed by atoms with Crippen molar-refractivity contribution in [1.29, 1.82) is 0 Å². The molecule has 1 aromatic carbocycles. The van der Waals surface area contributed by atoms with E-state index in [-0.39, 0.29) is 17.1 Å². The number of hydrogen-bond acceptors (Lipinski definition) is 5. The maximum Gasteiger partial charge on any atom is 0.387 e. The van der Waals surface area contributed by atoms with Crippen molar-refractivity contribution in [3.8, 4) is 11.5 Å². The first-order chi connectivity index (χ1) is 10.6. The summed E-state index contributed by atoms with van der Waals surface area (Å²) in [5.74, 6) is -0.709. The van der Waals surface area contributed by atoms with E-state index in [0.717, 1.165) is 0 Å². The van der Waals surface area contributed by atoms with Crippen LogP contribution in [0.15, 0.2) is 18.2 Å². The van der Waals surface area contributed by atoms with Crippen LogP contribution in [0.5, 0.6) is 11.5 Å². The van der Waals surface area contributed by atoms with Gasteiger partial charge in [-0.3, -0.25) is 4.79 Å². The second-order valence-corrected chi connectivity index (χ2v) is 4.21. The fourth-order valence-electron chi connectivity index (χ4n) is 1.72. The van der Waals surface area contributed by atoms with E-state index in [9.17, 15) is 13.6 Å². The molecular weight excluding hydrogens is 298 g/mol. The lowest BCUT2D eigenvalue weighted by Crippen LogP contribution is -2.33. The van der Waals surface area contributed by atoms with E-state index in [2.05, 4.69) is 15.4 Å². The van der Waals surface area contributed by atoms with E-state index in [4.69, 9.17) is 9.47 Å². The molecule has 0 saturated heterocycles. The number of rotatable bonds is 10. The SMILES string of the molecule is COCCNCCNC(=O)c1cccc(OC)c1OC(F)F. The summed E-state index contributed by atoms with van der Waals surface area (Å²) in [5, 5.41) is 5.66. The Morgan fingerprint density at radius 2 is 2.00 bits per heavy atom. The number of halogens is 2. The lowest BCUT2D eigenvalue weighted by Gasteiger charge is -2.14. The number of ether oxygens (including phenoxy) is 3. The number of hydrogen-bond donors (Lipinski definition) is 2. The molecule has 0 aliphatic heterocycles. The van der Waals surface area contributed by atoms with Gasteiger partial charge in [0, 0.05) is 26.7 Å². The van der Waals surface area contributed by atoms with Crippen molar-refractivity contribution in [1.82, 2.24) is 10.6 Å². The number of alkyl halides is 2. The first-order valence-electron chi connectivity index (χ1n) is 6.69. The van der Waals surface area contributed by atoms with Gasteiger partial charge in [0.25, 0.3) is 5.91 Å². The summed E-state index contributed by atoms with van der Waals surface area (Å²) < 4.78 is 39.2. The molecule has 0 aliphatic rings. The van der Waals surface area contributed by atoms with Crippen LogP contribution in [-0.2, 0) is 4.74 Å². The Hall–Kier alpha value is -1.93. The molecule has 0 atom stereocenters. The molecular formula is C14H20F2N2O4. The summed E-state index contributed by atoms with van der Waals surface area (Å²) in [6, 6.07) is 4.37. The normalized spacial score (nSPS) is 10.6. The molecule has 0 aromatic heterocycles. The predicted octanol–water partition coefficient (Wildman–Crippen LogP) is 1.26. The van der Waals surface area contributed by atoms with Crippen molar-refractivity contribution in [3.05, 3.63) is 23.8 Å². The molecule has 0 unspecified atom stereocenters. The van der Waals surface area contributed by atoms with Gasteiger partial charge in [-0.05, 0) is 12.1 Å². The summed E-state index contributed by atoms with van der Waals surface area (Å²) in [7, 11) is 2.91. The van der Waals surface area contributed by atoms with E-state index in [1.807, 2.05) is 0 Å². The van der Waals surface area contributed by atoms with Gasteiger partial charge in [-0.25, -0.2) is 0 Å². The number of methoxy groups -OCH3 is 2. The molecule has 0 aliphatic carbocycles. The van der Waals surface area contributed by atoms with Crippen LogP contribution in [0.3, 0.4) is 0 Å². The van der Waals surface area contributed by atoms with Gasteiger partial charge in [0.05, 0.1) is 19.3 Å². The maximum absolute atomic E-state index is 12.5. The van der Waals surface area contributed by atoms with Gasteiger partial charge in [0.15, 0.2) is 11.5 Å². The first-order valence-corrected chi connectivity index (χ1v) is 6.69. The Kier molecular flexibility index (Phi) is 8.16. The topological polar surface area (TPSA) is 68.8 Å². The number of para-hydroxylation sites is 1. The molecule has 0 bridgehead atoms. The van der Waals surface area contributed by atoms with Crippen LogP contribution in [0.25, 0.3) is 0 Å². The van der Waals surface area contributed by atoms with Crippen LogP contribution < -0.4 is 20.1 Å².